The molecular formula is C23H12BrNO6. The predicted octanol–water partition coefficient (Wildman–Crippen LogP) is 4.92. The number of carbonyl (C=O) groups excluding carboxylic acids is 1. The van der Waals surface area contributed by atoms with E-state index in [2.05, 4.69) is 20.9 Å². The molecule has 0 saturated heterocycles. The van der Waals surface area contributed by atoms with Crippen LogP contribution in [0.3, 0.4) is 0 Å². The minimum atomic E-state index is -0.560. The zero-order chi connectivity index (χ0) is 20.9. The number of benzene rings is 2. The van der Waals surface area contributed by atoms with Gasteiger partial charge in [-0.1, -0.05) is 15.9 Å². The zero-order valence-corrected chi connectivity index (χ0v) is 17.3. The number of allylic oxidation sites excluding steroid dienone is 2. The second kappa shape index (κ2) is 6.88. The lowest BCUT2D eigenvalue weighted by atomic mass is 9.97. The lowest BCUT2D eigenvalue weighted by Crippen LogP contribution is -2.08. The van der Waals surface area contributed by atoms with Crippen molar-refractivity contribution >= 4 is 39.1 Å². The van der Waals surface area contributed by atoms with E-state index in [0.29, 0.717) is 34.3 Å². The van der Waals surface area contributed by atoms with Crippen molar-refractivity contribution in [3.8, 4) is 17.2 Å². The number of halogens is 1. The lowest BCUT2D eigenvalue weighted by Gasteiger charge is -2.21. The molecule has 3 aromatic rings. The van der Waals surface area contributed by atoms with Gasteiger partial charge in [0, 0.05) is 21.2 Å². The van der Waals surface area contributed by atoms with Gasteiger partial charge in [0.25, 0.3) is 5.90 Å². The molecule has 3 aliphatic rings. The van der Waals surface area contributed by atoms with E-state index in [1.54, 1.807) is 18.2 Å². The largest absolute Gasteiger partial charge is 0.459 e. The van der Waals surface area contributed by atoms with E-state index in [4.69, 9.17) is 23.4 Å². The third-order valence-electron chi connectivity index (χ3n) is 4.97. The number of ether oxygens (including phenoxy) is 4. The van der Waals surface area contributed by atoms with Crippen LogP contribution in [-0.2, 0) is 9.53 Å². The average Bonchev–Trinajstić information content (AvgIpc) is 3.53. The number of furan rings is 1. The van der Waals surface area contributed by atoms with E-state index in [-0.39, 0.29) is 18.4 Å². The van der Waals surface area contributed by atoms with Crippen molar-refractivity contribution < 1.29 is 28.2 Å². The van der Waals surface area contributed by atoms with Crippen LogP contribution in [0.1, 0.15) is 16.9 Å². The molecule has 3 aliphatic heterocycles. The van der Waals surface area contributed by atoms with E-state index in [1.165, 1.54) is 6.26 Å². The second-order valence-corrected chi connectivity index (χ2v) is 7.78. The van der Waals surface area contributed by atoms with Crippen molar-refractivity contribution in [2.75, 3.05) is 6.79 Å². The first-order valence-electron chi connectivity index (χ1n) is 9.34. The van der Waals surface area contributed by atoms with Crippen LogP contribution >= 0.6 is 15.9 Å². The Morgan fingerprint density at radius 2 is 1.81 bits per heavy atom. The summed E-state index contributed by atoms with van der Waals surface area (Å²) in [5.74, 6) is 2.39. The molecule has 0 radical (unpaired) electrons. The van der Waals surface area contributed by atoms with Gasteiger partial charge < -0.3 is 23.4 Å². The van der Waals surface area contributed by atoms with Gasteiger partial charge in [-0.25, -0.2) is 9.79 Å². The van der Waals surface area contributed by atoms with Crippen LogP contribution in [0.2, 0.25) is 0 Å². The number of hydrogen-bond acceptors (Lipinski definition) is 7. The third-order valence-corrected chi connectivity index (χ3v) is 5.46. The van der Waals surface area contributed by atoms with Crippen LogP contribution in [0.25, 0.3) is 11.3 Å². The maximum absolute atomic E-state index is 12.7. The Balaban J connectivity index is 1.53. The molecule has 0 amide bonds. The van der Waals surface area contributed by atoms with Gasteiger partial charge in [0.1, 0.15) is 11.5 Å². The Morgan fingerprint density at radius 1 is 0.935 bits per heavy atom. The van der Waals surface area contributed by atoms with Crippen LogP contribution in [-0.4, -0.2) is 18.7 Å². The van der Waals surface area contributed by atoms with Gasteiger partial charge in [-0.3, -0.25) is 0 Å². The lowest BCUT2D eigenvalue weighted by molar-refractivity contribution is -0.130. The number of rotatable bonds is 2. The molecule has 6 rings (SSSR count). The Morgan fingerprint density at radius 3 is 2.68 bits per heavy atom. The maximum Gasteiger partial charge on any atom is 0.364 e. The highest BCUT2D eigenvalue weighted by molar-refractivity contribution is 9.10. The summed E-state index contributed by atoms with van der Waals surface area (Å²) in [7, 11) is 0. The summed E-state index contributed by atoms with van der Waals surface area (Å²) in [6.07, 6.45) is 3.27. The molecule has 8 heteroatoms. The molecule has 0 fully saturated rings. The molecule has 2 aromatic carbocycles. The Kier molecular flexibility index (Phi) is 4.00. The smallest absolute Gasteiger partial charge is 0.364 e. The van der Waals surface area contributed by atoms with Crippen molar-refractivity contribution in [3.05, 3.63) is 87.9 Å². The number of hydrogen-bond donors (Lipinski definition) is 0. The molecule has 7 nitrogen and oxygen atoms in total. The Labute approximate surface area is 184 Å². The molecule has 0 unspecified atom stereocenters. The summed E-state index contributed by atoms with van der Waals surface area (Å²) >= 11 is 3.48. The predicted molar refractivity (Wildman–Crippen MR) is 114 cm³/mol. The summed E-state index contributed by atoms with van der Waals surface area (Å²) in [4.78, 5) is 17.1. The molecular weight excluding hydrogens is 466 g/mol. The summed E-state index contributed by atoms with van der Waals surface area (Å²) in [5.41, 5.74) is 2.25. The number of fused-ring (bicyclic) bond motifs is 2. The molecule has 0 bridgehead atoms. The molecule has 1 aromatic heterocycles. The number of nitrogens with zero attached hydrogens (tertiary/aromatic N) is 1. The van der Waals surface area contributed by atoms with Gasteiger partial charge in [0.15, 0.2) is 23.0 Å². The quantitative estimate of drug-likeness (QED) is 0.385. The summed E-state index contributed by atoms with van der Waals surface area (Å²) in [6.45, 7) is 0.182. The highest BCUT2D eigenvalue weighted by Crippen LogP contribution is 2.43. The van der Waals surface area contributed by atoms with Crippen LogP contribution in [0.4, 0.5) is 0 Å². The molecule has 0 saturated carbocycles. The van der Waals surface area contributed by atoms with Gasteiger partial charge in [-0.15, -0.1) is 0 Å². The van der Waals surface area contributed by atoms with E-state index in [9.17, 15) is 4.79 Å². The fourth-order valence-electron chi connectivity index (χ4n) is 3.53. The van der Waals surface area contributed by atoms with E-state index < -0.39 is 5.97 Å². The summed E-state index contributed by atoms with van der Waals surface area (Å²) in [5, 5.41) is 0. The van der Waals surface area contributed by atoms with E-state index in [1.807, 2.05) is 36.4 Å². The standard InChI is InChI=1S/C23H12BrNO6/c24-13-4-6-16-14(9-13)15(21-23(26)31-22(25-21)18-2-1-7-27-18)10-19(30-16)12-3-5-17-20(8-12)29-11-28-17/h1-10H,11H2/b21-15-. The fourth-order valence-corrected chi connectivity index (χ4v) is 3.89. The highest BCUT2D eigenvalue weighted by atomic mass is 79.9. The van der Waals surface area contributed by atoms with Gasteiger partial charge >= 0.3 is 5.97 Å². The van der Waals surface area contributed by atoms with Gasteiger partial charge in [0.05, 0.1) is 6.26 Å². The van der Waals surface area contributed by atoms with Crippen molar-refractivity contribution in [3.63, 3.8) is 0 Å². The monoisotopic (exact) mass is 477 g/mol. The van der Waals surface area contributed by atoms with Crippen molar-refractivity contribution in [2.45, 2.75) is 0 Å². The first kappa shape index (κ1) is 18.0. The maximum atomic E-state index is 12.7. The van der Waals surface area contributed by atoms with Gasteiger partial charge in [-0.2, -0.15) is 0 Å². The van der Waals surface area contributed by atoms with Gasteiger partial charge in [0.2, 0.25) is 6.79 Å². The first-order valence-corrected chi connectivity index (χ1v) is 10.1. The van der Waals surface area contributed by atoms with Gasteiger partial charge in [-0.05, 0) is 54.6 Å². The summed E-state index contributed by atoms with van der Waals surface area (Å²) < 4.78 is 28.5. The van der Waals surface area contributed by atoms with E-state index in [0.717, 1.165) is 15.6 Å². The van der Waals surface area contributed by atoms with Crippen molar-refractivity contribution in [1.29, 1.82) is 0 Å². The van der Waals surface area contributed by atoms with Crippen LogP contribution in [0, 0.1) is 0 Å². The molecule has 31 heavy (non-hydrogen) atoms. The summed E-state index contributed by atoms with van der Waals surface area (Å²) in [6, 6.07) is 14.5. The van der Waals surface area contributed by atoms with E-state index >= 15 is 0 Å². The SMILES string of the molecule is O=C1OC(c2ccco2)=N/C1=C1/C=C(c2ccc3c(c2)OCO3)Oc2ccc(Br)cc21. The topological polar surface area (TPSA) is 79.5 Å². The number of cyclic esters (lactones) is 1. The molecule has 0 spiro atoms. The average molecular weight is 478 g/mol. The molecule has 0 atom stereocenters. The third kappa shape index (κ3) is 3.03. The molecule has 4 heterocycles. The minimum Gasteiger partial charge on any atom is -0.459 e. The Bertz CT molecular complexity index is 1340. The van der Waals surface area contributed by atoms with Crippen molar-refractivity contribution in [2.24, 2.45) is 4.99 Å². The van der Waals surface area contributed by atoms with Crippen LogP contribution < -0.4 is 14.2 Å². The first-order chi connectivity index (χ1) is 15.2. The molecule has 0 aliphatic carbocycles. The highest BCUT2D eigenvalue weighted by Gasteiger charge is 2.32. The molecule has 0 N–H and O–H groups in total. The Hall–Kier alpha value is -3.78. The zero-order valence-electron chi connectivity index (χ0n) is 15.8. The number of esters is 1. The second-order valence-electron chi connectivity index (χ2n) is 6.87. The van der Waals surface area contributed by atoms with Crippen LogP contribution in [0.15, 0.2) is 80.4 Å². The fraction of sp³-hybridized carbons (Fsp3) is 0.0435. The molecule has 152 valence electrons. The normalized spacial score (nSPS) is 18.8. The number of aliphatic imine (C=N–C) groups is 1. The van der Waals surface area contributed by atoms with Crippen molar-refractivity contribution in [1.82, 2.24) is 0 Å². The number of carbonyl (C=O) groups is 1. The minimum absolute atomic E-state index is 0.124. The van der Waals surface area contributed by atoms with Crippen LogP contribution in [0.5, 0.6) is 17.2 Å².